The molecule has 0 saturated carbocycles. The lowest BCUT2D eigenvalue weighted by molar-refractivity contribution is 0.0954. The lowest BCUT2D eigenvalue weighted by Crippen LogP contribution is -2.35. The summed E-state index contributed by atoms with van der Waals surface area (Å²) in [5.74, 6) is 1.64. The third-order valence-electron chi connectivity index (χ3n) is 5.89. The van der Waals surface area contributed by atoms with E-state index in [0.29, 0.717) is 46.7 Å². The molecule has 1 aromatic heterocycles. The van der Waals surface area contributed by atoms with E-state index in [9.17, 15) is 14.4 Å². The standard InChI is InChI=1S/C27H27N3O6/c1-34-20-8-4-18(5-9-20)16-30-26(32)21-10-7-19(15-22(21)29-27(30)33)25(31)28-13-12-17-6-11-23(35-2)24(14-17)36-3/h4-11,14-15H,12-13,16H2,1-3H3,(H,28,31)(H,29,33). The largest absolute Gasteiger partial charge is 0.497 e. The Morgan fingerprint density at radius 2 is 1.58 bits per heavy atom. The highest BCUT2D eigenvalue weighted by Gasteiger charge is 2.12. The van der Waals surface area contributed by atoms with Crippen molar-refractivity contribution in [1.29, 1.82) is 0 Å². The summed E-state index contributed by atoms with van der Waals surface area (Å²) in [6.07, 6.45) is 0.590. The van der Waals surface area contributed by atoms with E-state index in [4.69, 9.17) is 14.2 Å². The van der Waals surface area contributed by atoms with Crippen molar-refractivity contribution in [1.82, 2.24) is 14.9 Å². The van der Waals surface area contributed by atoms with Crippen LogP contribution in [-0.4, -0.2) is 43.3 Å². The molecule has 9 nitrogen and oxygen atoms in total. The fraction of sp³-hybridized carbons (Fsp3) is 0.222. The summed E-state index contributed by atoms with van der Waals surface area (Å²) < 4.78 is 16.8. The second kappa shape index (κ2) is 10.8. The van der Waals surface area contributed by atoms with Gasteiger partial charge in [0.15, 0.2) is 11.5 Å². The number of methoxy groups -OCH3 is 3. The Bertz CT molecular complexity index is 1510. The van der Waals surface area contributed by atoms with Crippen LogP contribution < -0.4 is 30.8 Å². The van der Waals surface area contributed by atoms with Crippen LogP contribution in [0.3, 0.4) is 0 Å². The number of aromatic nitrogens is 2. The molecular weight excluding hydrogens is 462 g/mol. The molecule has 36 heavy (non-hydrogen) atoms. The predicted molar refractivity (Wildman–Crippen MR) is 137 cm³/mol. The van der Waals surface area contributed by atoms with Gasteiger partial charge in [0.05, 0.1) is 38.8 Å². The number of carbonyl (C=O) groups excluding carboxylic acids is 1. The zero-order valence-electron chi connectivity index (χ0n) is 20.3. The van der Waals surface area contributed by atoms with Crippen molar-refractivity contribution < 1.29 is 19.0 Å². The van der Waals surface area contributed by atoms with Crippen molar-refractivity contribution in [3.63, 3.8) is 0 Å². The minimum atomic E-state index is -0.547. The van der Waals surface area contributed by atoms with Crippen LogP contribution in [0.5, 0.6) is 17.2 Å². The summed E-state index contributed by atoms with van der Waals surface area (Å²) in [5.41, 5.74) is 1.45. The van der Waals surface area contributed by atoms with Gasteiger partial charge in [-0.1, -0.05) is 18.2 Å². The number of nitrogens with zero attached hydrogens (tertiary/aromatic N) is 1. The Morgan fingerprint density at radius 3 is 2.28 bits per heavy atom. The van der Waals surface area contributed by atoms with Gasteiger partial charge in [-0.05, 0) is 60.0 Å². The van der Waals surface area contributed by atoms with Gasteiger partial charge in [0.2, 0.25) is 0 Å². The number of fused-ring (bicyclic) bond motifs is 1. The quantitative estimate of drug-likeness (QED) is 0.374. The molecule has 0 atom stereocenters. The number of benzene rings is 3. The molecule has 4 aromatic rings. The average molecular weight is 490 g/mol. The molecule has 0 aliphatic carbocycles. The molecule has 0 saturated heterocycles. The van der Waals surface area contributed by atoms with Crippen LogP contribution >= 0.6 is 0 Å². The van der Waals surface area contributed by atoms with Crippen molar-refractivity contribution >= 4 is 16.8 Å². The van der Waals surface area contributed by atoms with Gasteiger partial charge >= 0.3 is 5.69 Å². The number of hydrogen-bond acceptors (Lipinski definition) is 6. The maximum absolute atomic E-state index is 13.0. The molecule has 3 aromatic carbocycles. The van der Waals surface area contributed by atoms with Crippen molar-refractivity contribution in [2.24, 2.45) is 0 Å². The molecule has 0 radical (unpaired) electrons. The lowest BCUT2D eigenvalue weighted by Gasteiger charge is -2.11. The molecule has 1 heterocycles. The molecule has 2 N–H and O–H groups in total. The van der Waals surface area contributed by atoms with Crippen LogP contribution in [0.25, 0.3) is 10.9 Å². The van der Waals surface area contributed by atoms with Crippen LogP contribution in [-0.2, 0) is 13.0 Å². The Morgan fingerprint density at radius 1 is 0.861 bits per heavy atom. The van der Waals surface area contributed by atoms with Gasteiger partial charge in [0, 0.05) is 12.1 Å². The third kappa shape index (κ3) is 5.25. The number of ether oxygens (including phenoxy) is 3. The van der Waals surface area contributed by atoms with Gasteiger partial charge in [-0.25, -0.2) is 4.79 Å². The molecule has 0 spiro atoms. The Labute approximate surface area is 207 Å². The maximum atomic E-state index is 13.0. The van der Waals surface area contributed by atoms with E-state index >= 15 is 0 Å². The SMILES string of the molecule is COc1ccc(Cn2c(=O)[nH]c3cc(C(=O)NCCc4ccc(OC)c(OC)c4)ccc3c2=O)cc1. The van der Waals surface area contributed by atoms with E-state index in [-0.39, 0.29) is 12.5 Å². The van der Waals surface area contributed by atoms with Crippen LogP contribution in [0.1, 0.15) is 21.5 Å². The highest BCUT2D eigenvalue weighted by atomic mass is 16.5. The molecule has 0 aliphatic heterocycles. The first-order valence-corrected chi connectivity index (χ1v) is 11.3. The van der Waals surface area contributed by atoms with Crippen molar-refractivity contribution in [3.8, 4) is 17.2 Å². The number of amides is 1. The van der Waals surface area contributed by atoms with E-state index in [1.54, 1.807) is 57.7 Å². The Hall–Kier alpha value is -4.53. The summed E-state index contributed by atoms with van der Waals surface area (Å²) in [6.45, 7) is 0.513. The normalized spacial score (nSPS) is 10.8. The van der Waals surface area contributed by atoms with E-state index in [1.165, 1.54) is 6.07 Å². The Kier molecular flexibility index (Phi) is 7.39. The van der Waals surface area contributed by atoms with Gasteiger partial charge in [-0.15, -0.1) is 0 Å². The first-order chi connectivity index (χ1) is 17.4. The average Bonchev–Trinajstić information content (AvgIpc) is 2.90. The lowest BCUT2D eigenvalue weighted by atomic mass is 10.1. The van der Waals surface area contributed by atoms with Crippen LogP contribution in [0.2, 0.25) is 0 Å². The van der Waals surface area contributed by atoms with Crippen LogP contribution in [0.4, 0.5) is 0 Å². The van der Waals surface area contributed by atoms with Crippen molar-refractivity contribution in [2.45, 2.75) is 13.0 Å². The molecule has 0 fully saturated rings. The topological polar surface area (TPSA) is 112 Å². The summed E-state index contributed by atoms with van der Waals surface area (Å²) in [6, 6.07) is 17.4. The van der Waals surface area contributed by atoms with E-state index in [1.807, 2.05) is 18.2 Å². The predicted octanol–water partition coefficient (Wildman–Crippen LogP) is 2.74. The molecule has 9 heteroatoms. The number of carbonyl (C=O) groups is 1. The smallest absolute Gasteiger partial charge is 0.329 e. The fourth-order valence-corrected chi connectivity index (χ4v) is 3.91. The van der Waals surface area contributed by atoms with Crippen LogP contribution in [0, 0.1) is 0 Å². The fourth-order valence-electron chi connectivity index (χ4n) is 3.91. The molecule has 186 valence electrons. The summed E-state index contributed by atoms with van der Waals surface area (Å²) >= 11 is 0. The van der Waals surface area contributed by atoms with Gasteiger partial charge in [0.1, 0.15) is 5.75 Å². The van der Waals surface area contributed by atoms with Gasteiger partial charge < -0.3 is 24.5 Å². The zero-order chi connectivity index (χ0) is 25.7. The third-order valence-corrected chi connectivity index (χ3v) is 5.89. The van der Waals surface area contributed by atoms with E-state index in [0.717, 1.165) is 15.7 Å². The summed E-state index contributed by atoms with van der Waals surface area (Å²) in [4.78, 5) is 41.0. The molecule has 4 rings (SSSR count). The number of H-pyrrole nitrogens is 1. The minimum Gasteiger partial charge on any atom is -0.497 e. The minimum absolute atomic E-state index is 0.118. The first kappa shape index (κ1) is 24.6. The highest BCUT2D eigenvalue weighted by molar-refractivity contribution is 5.97. The monoisotopic (exact) mass is 489 g/mol. The van der Waals surface area contributed by atoms with Gasteiger partial charge in [-0.2, -0.15) is 0 Å². The maximum Gasteiger partial charge on any atom is 0.329 e. The number of nitrogens with one attached hydrogen (secondary N) is 2. The van der Waals surface area contributed by atoms with Crippen LogP contribution in [0.15, 0.2) is 70.3 Å². The second-order valence-electron chi connectivity index (χ2n) is 8.13. The number of rotatable bonds is 9. The van der Waals surface area contributed by atoms with Crippen molar-refractivity contribution in [2.75, 3.05) is 27.9 Å². The van der Waals surface area contributed by atoms with Gasteiger partial charge in [-0.3, -0.25) is 14.2 Å². The van der Waals surface area contributed by atoms with E-state index in [2.05, 4.69) is 10.3 Å². The number of aromatic amines is 1. The van der Waals surface area contributed by atoms with Gasteiger partial charge in [0.25, 0.3) is 11.5 Å². The molecule has 1 amide bonds. The molecule has 0 aliphatic rings. The Balaban J connectivity index is 1.47. The summed E-state index contributed by atoms with van der Waals surface area (Å²) in [7, 11) is 4.71. The second-order valence-corrected chi connectivity index (χ2v) is 8.13. The molecular formula is C27H27N3O6. The zero-order valence-corrected chi connectivity index (χ0v) is 20.3. The summed E-state index contributed by atoms with van der Waals surface area (Å²) in [5, 5.41) is 3.19. The highest BCUT2D eigenvalue weighted by Crippen LogP contribution is 2.27. The first-order valence-electron chi connectivity index (χ1n) is 11.3. The number of hydrogen-bond donors (Lipinski definition) is 2. The van der Waals surface area contributed by atoms with Crippen molar-refractivity contribution in [3.05, 3.63) is 98.2 Å². The molecule has 0 bridgehead atoms. The molecule has 0 unspecified atom stereocenters. The van der Waals surface area contributed by atoms with E-state index < -0.39 is 11.2 Å².